The van der Waals surface area contributed by atoms with Gasteiger partial charge in [-0.2, -0.15) is 0 Å². The average molecular weight is 645 g/mol. The maximum Gasteiger partial charge on any atom is 0.227 e. The number of aliphatic hydroxyl groups is 4. The fourth-order valence-corrected chi connectivity index (χ4v) is 5.75. The van der Waals surface area contributed by atoms with Gasteiger partial charge in [0, 0.05) is 55.2 Å². The lowest BCUT2D eigenvalue weighted by atomic mass is 9.95. The number of nitrogens with zero attached hydrogens (tertiary/aromatic N) is 4. The number of benzene rings is 3. The minimum atomic E-state index is -1.88. The summed E-state index contributed by atoms with van der Waals surface area (Å²) in [6, 6.07) is 19.1. The highest BCUT2D eigenvalue weighted by atomic mass is 16.5. The van der Waals surface area contributed by atoms with Crippen molar-refractivity contribution in [3.63, 3.8) is 0 Å². The van der Waals surface area contributed by atoms with Crippen LogP contribution in [0.15, 0.2) is 66.7 Å². The Bertz CT molecular complexity index is 1690. The third kappa shape index (κ3) is 7.99. The molecular formula is C35H40N4O8. The second kappa shape index (κ2) is 16.0. The minimum Gasteiger partial charge on any atom is -0.382 e. The molecule has 1 amide bonds. The summed E-state index contributed by atoms with van der Waals surface area (Å²) in [7, 11) is 1.61. The summed E-state index contributed by atoms with van der Waals surface area (Å²) >= 11 is 0. The minimum absolute atomic E-state index is 0.0797. The molecule has 3 aromatic carbocycles. The predicted molar refractivity (Wildman–Crippen MR) is 173 cm³/mol. The number of ether oxygens (including phenoxy) is 2. The summed E-state index contributed by atoms with van der Waals surface area (Å²) in [5, 5.41) is 49.1. The predicted octanol–water partition coefficient (Wildman–Crippen LogP) is 3.99. The number of ketones is 1. The van der Waals surface area contributed by atoms with Crippen molar-refractivity contribution in [2.45, 2.75) is 57.6 Å². The molecule has 1 aromatic heterocycles. The van der Waals surface area contributed by atoms with Gasteiger partial charge in [-0.1, -0.05) is 59.8 Å². The Hall–Kier alpha value is -4.30. The molecule has 0 radical (unpaired) electrons. The van der Waals surface area contributed by atoms with E-state index in [0.717, 1.165) is 11.1 Å². The molecule has 0 saturated heterocycles. The first-order valence-electron chi connectivity index (χ1n) is 15.7. The van der Waals surface area contributed by atoms with E-state index in [1.54, 1.807) is 12.0 Å². The number of aromatic nitrogens is 3. The molecule has 0 fully saturated rings. The first-order valence-corrected chi connectivity index (χ1v) is 15.7. The normalized spacial score (nSPS) is 12.4. The van der Waals surface area contributed by atoms with Crippen molar-refractivity contribution in [2.24, 2.45) is 0 Å². The Morgan fingerprint density at radius 2 is 1.53 bits per heavy atom. The number of para-hydroxylation sites is 1. The number of rotatable bonds is 15. The smallest absolute Gasteiger partial charge is 0.227 e. The Morgan fingerprint density at radius 3 is 2.30 bits per heavy atom. The third-order valence-corrected chi connectivity index (χ3v) is 8.15. The molecule has 4 aromatic rings. The number of hydrogen-bond acceptors (Lipinski definition) is 10. The third-order valence-electron chi connectivity index (χ3n) is 8.15. The van der Waals surface area contributed by atoms with Gasteiger partial charge in [0.1, 0.15) is 17.2 Å². The quantitative estimate of drug-likeness (QED) is 0.110. The van der Waals surface area contributed by atoms with Crippen molar-refractivity contribution >= 4 is 17.4 Å². The monoisotopic (exact) mass is 644 g/mol. The number of carbonyl (C=O) groups excluding carboxylic acids is 2. The summed E-state index contributed by atoms with van der Waals surface area (Å²) in [4.78, 5) is 28.0. The van der Waals surface area contributed by atoms with Crippen LogP contribution in [-0.4, -0.2) is 74.0 Å². The molecule has 1 aliphatic heterocycles. The molecule has 47 heavy (non-hydrogen) atoms. The van der Waals surface area contributed by atoms with Gasteiger partial charge in [-0.25, -0.2) is 4.68 Å². The average Bonchev–Trinajstić information content (AvgIpc) is 3.50. The van der Waals surface area contributed by atoms with Crippen molar-refractivity contribution in [1.82, 2.24) is 15.0 Å². The van der Waals surface area contributed by atoms with Gasteiger partial charge in [0.25, 0.3) is 0 Å². The van der Waals surface area contributed by atoms with E-state index >= 15 is 0 Å². The van der Waals surface area contributed by atoms with Crippen LogP contribution in [0.5, 0.6) is 0 Å². The van der Waals surface area contributed by atoms with Crippen molar-refractivity contribution in [3.8, 4) is 28.2 Å². The summed E-state index contributed by atoms with van der Waals surface area (Å²) < 4.78 is 11.8. The number of aliphatic hydroxyl groups excluding tert-OH is 2. The summed E-state index contributed by atoms with van der Waals surface area (Å²) in [5.74, 6) is 0.0438. The number of methoxy groups -OCH3 is 1. The maximum absolute atomic E-state index is 13.9. The molecule has 0 spiro atoms. The fraction of sp³-hybridized carbons (Fsp3) is 0.371. The second-order valence-electron chi connectivity index (χ2n) is 11.4. The van der Waals surface area contributed by atoms with Crippen LogP contribution in [0.4, 0.5) is 5.69 Å². The van der Waals surface area contributed by atoms with Crippen LogP contribution in [-0.2, 0) is 25.6 Å². The highest BCUT2D eigenvalue weighted by Gasteiger charge is 2.30. The Morgan fingerprint density at radius 1 is 0.809 bits per heavy atom. The van der Waals surface area contributed by atoms with Gasteiger partial charge < -0.3 is 34.8 Å². The highest BCUT2D eigenvalue weighted by molar-refractivity contribution is 6.00. The van der Waals surface area contributed by atoms with Crippen molar-refractivity contribution in [3.05, 3.63) is 83.4 Å². The molecular weight excluding hydrogens is 604 g/mol. The molecule has 0 saturated carbocycles. The van der Waals surface area contributed by atoms with Crippen LogP contribution in [0.25, 0.3) is 28.2 Å². The lowest BCUT2D eigenvalue weighted by Gasteiger charge is -2.29. The van der Waals surface area contributed by atoms with Crippen LogP contribution in [0.3, 0.4) is 0 Å². The molecule has 248 valence electrons. The Kier molecular flexibility index (Phi) is 11.6. The topological polar surface area (TPSA) is 167 Å². The molecule has 12 nitrogen and oxygen atoms in total. The van der Waals surface area contributed by atoms with E-state index in [0.29, 0.717) is 74.6 Å². The van der Waals surface area contributed by atoms with E-state index in [2.05, 4.69) is 10.3 Å². The summed E-state index contributed by atoms with van der Waals surface area (Å²) in [5.41, 5.74) is 4.25. The number of anilines is 1. The largest absolute Gasteiger partial charge is 0.382 e. The van der Waals surface area contributed by atoms with Crippen LogP contribution in [0.1, 0.15) is 67.8 Å². The van der Waals surface area contributed by atoms with E-state index in [9.17, 15) is 30.0 Å². The van der Waals surface area contributed by atoms with Crippen molar-refractivity contribution in [2.75, 3.05) is 31.8 Å². The van der Waals surface area contributed by atoms with Gasteiger partial charge in [0.05, 0.1) is 31.1 Å². The molecule has 12 heteroatoms. The standard InChI is InChI=1S/C35H40N4O8/c1-46-19-20-47-18-8-11-25(40)10-3-7-15-31(41)38-22-24-9-2-4-12-26(24)32-33(27-13-5-6-14-29(27)38)39(37-36-32)30-21-23(34(42)43)16-17-28(30)35(44)45/h2,4-6,9,12-14,16-17,21,34-35,42-45H,3,7-8,10-11,15,18-20,22H2,1H3. The molecule has 5 rings (SSSR count). The van der Waals surface area contributed by atoms with Crippen LogP contribution in [0.2, 0.25) is 0 Å². The number of unbranched alkanes of at least 4 members (excludes halogenated alkanes) is 1. The van der Waals surface area contributed by atoms with E-state index < -0.39 is 12.6 Å². The van der Waals surface area contributed by atoms with Crippen LogP contribution >= 0.6 is 0 Å². The number of Topliss-reactive ketones (excluding diaryl/α,β-unsaturated/α-hetero) is 1. The molecule has 2 heterocycles. The molecule has 1 aliphatic rings. The van der Waals surface area contributed by atoms with Gasteiger partial charge in [-0.05, 0) is 37.0 Å². The van der Waals surface area contributed by atoms with Crippen LogP contribution in [0, 0.1) is 0 Å². The SMILES string of the molecule is COCCOCCCC(=O)CCCCC(=O)N1Cc2ccccc2-c2nnn(-c3cc(C(O)O)ccc3C(O)O)c2-c2ccccc21. The van der Waals surface area contributed by atoms with Gasteiger partial charge in [-0.3, -0.25) is 9.59 Å². The fourth-order valence-electron chi connectivity index (χ4n) is 5.75. The maximum atomic E-state index is 13.9. The van der Waals surface area contributed by atoms with Gasteiger partial charge in [0.15, 0.2) is 12.6 Å². The molecule has 4 N–H and O–H groups in total. The zero-order chi connectivity index (χ0) is 33.3. The van der Waals surface area contributed by atoms with Gasteiger partial charge in [-0.15, -0.1) is 5.10 Å². The van der Waals surface area contributed by atoms with Crippen molar-refractivity contribution < 1.29 is 39.5 Å². The van der Waals surface area contributed by atoms with E-state index in [1.165, 1.54) is 22.9 Å². The zero-order valence-electron chi connectivity index (χ0n) is 26.3. The number of fused-ring (bicyclic) bond motifs is 5. The van der Waals surface area contributed by atoms with Crippen LogP contribution < -0.4 is 4.90 Å². The molecule has 0 unspecified atom stereocenters. The molecule has 0 atom stereocenters. The lowest BCUT2D eigenvalue weighted by Crippen LogP contribution is -2.31. The first kappa shape index (κ1) is 34.0. The Labute approximate surface area is 272 Å². The second-order valence-corrected chi connectivity index (χ2v) is 11.4. The summed E-state index contributed by atoms with van der Waals surface area (Å²) in [6.45, 7) is 1.82. The number of carbonyl (C=O) groups is 2. The van der Waals surface area contributed by atoms with E-state index in [4.69, 9.17) is 9.47 Å². The number of amides is 1. The van der Waals surface area contributed by atoms with E-state index in [-0.39, 0.29) is 41.5 Å². The first-order chi connectivity index (χ1) is 22.8. The van der Waals surface area contributed by atoms with Gasteiger partial charge >= 0.3 is 0 Å². The van der Waals surface area contributed by atoms with Crippen molar-refractivity contribution in [1.29, 1.82) is 0 Å². The summed E-state index contributed by atoms with van der Waals surface area (Å²) in [6.07, 6.45) is -0.801. The van der Waals surface area contributed by atoms with Gasteiger partial charge in [0.2, 0.25) is 5.91 Å². The Balaban J connectivity index is 1.43. The zero-order valence-corrected chi connectivity index (χ0v) is 26.3. The van der Waals surface area contributed by atoms with E-state index in [1.807, 2.05) is 48.5 Å². The molecule has 0 bridgehead atoms. The highest BCUT2D eigenvalue weighted by Crippen LogP contribution is 2.43. The lowest BCUT2D eigenvalue weighted by molar-refractivity contribution is -0.121. The number of hydrogen-bond donors (Lipinski definition) is 4. The molecule has 0 aliphatic carbocycles.